The van der Waals surface area contributed by atoms with Gasteiger partial charge >= 0.3 is 6.03 Å². The Balaban J connectivity index is 0.747. The number of carbonyl (C=O) groups excluding carboxylic acids is 3. The largest absolute Gasteiger partial charge is 0.503 e. The highest BCUT2D eigenvalue weighted by Crippen LogP contribution is 2.59. The van der Waals surface area contributed by atoms with Crippen molar-refractivity contribution >= 4 is 45.8 Å². The maximum Gasteiger partial charge on any atom is 0.328 e. The number of imide groups is 1. The lowest BCUT2D eigenvalue weighted by Gasteiger charge is -2.56. The van der Waals surface area contributed by atoms with Crippen LogP contribution in [0.5, 0.6) is 11.5 Å². The minimum absolute atomic E-state index is 0.0735. The summed E-state index contributed by atoms with van der Waals surface area (Å²) in [6.45, 7) is 12.3. The van der Waals surface area contributed by atoms with Gasteiger partial charge in [-0.25, -0.2) is 13.6 Å². The predicted molar refractivity (Wildman–Crippen MR) is 241 cm³/mol. The van der Waals surface area contributed by atoms with Crippen LogP contribution in [0.1, 0.15) is 89.3 Å². The molecule has 1 saturated carbocycles. The summed E-state index contributed by atoms with van der Waals surface area (Å²) in [5, 5.41) is 14.1. The number of β-lactam (4-membered cyclic amide) rings is 1. The molecule has 12 nitrogen and oxygen atoms in total. The highest BCUT2D eigenvalue weighted by atomic mass is 19.1. The zero-order chi connectivity index (χ0) is 44.0. The van der Waals surface area contributed by atoms with Crippen LogP contribution in [0.3, 0.4) is 0 Å². The molecule has 4 aromatic rings. The van der Waals surface area contributed by atoms with Gasteiger partial charge in [-0.2, -0.15) is 0 Å². The monoisotopic (exact) mass is 865 g/mol. The molecule has 0 radical (unpaired) electrons. The molecule has 4 aliphatic heterocycles. The number of para-hydroxylation sites is 1. The Hall–Kier alpha value is -5.21. The van der Waals surface area contributed by atoms with Crippen molar-refractivity contribution in [3.8, 4) is 11.5 Å². The Bertz CT molecular complexity index is 2340. The molecule has 336 valence electrons. The number of aromatic nitrogens is 1. The Kier molecular flexibility index (Phi) is 12.1. The molecule has 5 aliphatic rings. The van der Waals surface area contributed by atoms with Gasteiger partial charge in [-0.15, -0.1) is 0 Å². The van der Waals surface area contributed by atoms with Crippen LogP contribution in [-0.4, -0.2) is 103 Å². The number of methoxy groups -OCH3 is 1. The van der Waals surface area contributed by atoms with Crippen molar-refractivity contribution in [3.63, 3.8) is 0 Å². The number of carbonyl (C=O) groups is 3. The Morgan fingerprint density at radius 3 is 2.11 bits per heavy atom. The van der Waals surface area contributed by atoms with Gasteiger partial charge < -0.3 is 29.1 Å². The Morgan fingerprint density at radius 1 is 0.778 bits per heavy atom. The number of hydrogen-bond acceptors (Lipinski definition) is 8. The summed E-state index contributed by atoms with van der Waals surface area (Å²) in [5.74, 6) is -0.516. The minimum atomic E-state index is -0.835. The number of phenolic OH excluding ortho intramolecular Hbond substituents is 1. The van der Waals surface area contributed by atoms with Crippen LogP contribution in [0.15, 0.2) is 60.8 Å². The number of piperazine rings is 1. The summed E-state index contributed by atoms with van der Waals surface area (Å²) in [6.07, 6.45) is 10.2. The summed E-state index contributed by atoms with van der Waals surface area (Å²) < 4.78 is 39.0. The summed E-state index contributed by atoms with van der Waals surface area (Å²) >= 11 is 0. The van der Waals surface area contributed by atoms with Gasteiger partial charge in [0.25, 0.3) is 0 Å². The van der Waals surface area contributed by atoms with Crippen molar-refractivity contribution in [1.82, 2.24) is 19.7 Å². The number of rotatable bonds is 12. The van der Waals surface area contributed by atoms with E-state index in [9.17, 15) is 23.9 Å². The third-order valence-electron chi connectivity index (χ3n) is 15.2. The van der Waals surface area contributed by atoms with E-state index < -0.39 is 23.0 Å². The third kappa shape index (κ3) is 8.02. The van der Waals surface area contributed by atoms with Crippen LogP contribution in [0.4, 0.5) is 30.6 Å². The number of nitrogens with one attached hydrogen (secondary N) is 1. The second kappa shape index (κ2) is 17.8. The first-order chi connectivity index (χ1) is 30.5. The molecule has 3 aromatic carbocycles. The van der Waals surface area contributed by atoms with E-state index in [0.29, 0.717) is 60.7 Å². The molecule has 1 aromatic heterocycles. The fraction of sp³-hybridized carbons (Fsp3) is 0.531. The van der Waals surface area contributed by atoms with Crippen molar-refractivity contribution in [2.45, 2.75) is 83.7 Å². The zero-order valence-corrected chi connectivity index (χ0v) is 36.8. The number of nitrogens with zero attached hydrogens (tertiary/aromatic N) is 6. The number of halogens is 2. The first-order valence-corrected chi connectivity index (χ1v) is 23.1. The molecular weight excluding hydrogens is 805 g/mol. The number of amides is 4. The average Bonchev–Trinajstić information content (AvgIpc) is 3.72. The van der Waals surface area contributed by atoms with Crippen LogP contribution in [-0.2, 0) is 9.59 Å². The molecule has 1 aliphatic carbocycles. The molecule has 1 atom stereocenters. The summed E-state index contributed by atoms with van der Waals surface area (Å²) in [6, 6.07) is 15.1. The van der Waals surface area contributed by atoms with Crippen molar-refractivity contribution in [2.24, 2.45) is 17.3 Å². The summed E-state index contributed by atoms with van der Waals surface area (Å²) in [4.78, 5) is 48.1. The molecule has 0 spiro atoms. The maximum atomic E-state index is 16.3. The normalized spacial score (nSPS) is 23.9. The van der Waals surface area contributed by atoms with Crippen LogP contribution in [0, 0.1) is 28.9 Å². The lowest BCUT2D eigenvalue weighted by molar-refractivity contribution is -0.141. The third-order valence-corrected chi connectivity index (χ3v) is 15.2. The molecular formula is C49H61F2N7O5. The number of piperidine rings is 1. The molecule has 14 heteroatoms. The van der Waals surface area contributed by atoms with Gasteiger partial charge in [0.05, 0.1) is 29.9 Å². The van der Waals surface area contributed by atoms with Gasteiger partial charge in [-0.3, -0.25) is 24.7 Å². The fourth-order valence-electron chi connectivity index (χ4n) is 11.5. The highest BCUT2D eigenvalue weighted by molar-refractivity contribution is 6.08. The number of fused-ring (bicyclic) bond motifs is 1. The lowest BCUT2D eigenvalue weighted by atomic mass is 9.64. The molecule has 5 fully saturated rings. The Morgan fingerprint density at radius 2 is 1.46 bits per heavy atom. The van der Waals surface area contributed by atoms with Gasteiger partial charge in [0.1, 0.15) is 11.6 Å². The summed E-state index contributed by atoms with van der Waals surface area (Å²) in [5.41, 5.74) is 2.25. The van der Waals surface area contributed by atoms with Crippen LogP contribution >= 0.6 is 0 Å². The smallest absolute Gasteiger partial charge is 0.328 e. The second-order valence-corrected chi connectivity index (χ2v) is 18.5. The second-order valence-electron chi connectivity index (χ2n) is 18.5. The van der Waals surface area contributed by atoms with Crippen LogP contribution in [0.2, 0.25) is 0 Å². The number of hydrogen-bond donors (Lipinski definition) is 2. The van der Waals surface area contributed by atoms with Crippen LogP contribution in [0.25, 0.3) is 10.9 Å². The van der Waals surface area contributed by atoms with Gasteiger partial charge in [0, 0.05) is 106 Å². The van der Waals surface area contributed by atoms with E-state index in [2.05, 4.69) is 49.0 Å². The summed E-state index contributed by atoms with van der Waals surface area (Å²) in [7, 11) is 1.55. The van der Waals surface area contributed by atoms with Crippen molar-refractivity contribution in [3.05, 3.63) is 78.0 Å². The SMILES string of the molecule is CCC1(CC)C(=O)N(c2cccc(F)c2O)[C@H]1c1cc(F)c(N2CCC(CN3CCN(CC4CCC(n5ccc6cc(N7CCC(=O)NC7=O)ccc65)CC4)CC3)CC2)cc1OC. The molecule has 0 unspecified atom stereocenters. The van der Waals surface area contributed by atoms with E-state index in [4.69, 9.17) is 4.74 Å². The van der Waals surface area contributed by atoms with E-state index >= 15 is 4.39 Å². The predicted octanol–water partition coefficient (Wildman–Crippen LogP) is 8.24. The van der Waals surface area contributed by atoms with E-state index in [1.807, 2.05) is 19.9 Å². The topological polar surface area (TPSA) is 114 Å². The molecule has 5 heterocycles. The van der Waals surface area contributed by atoms with E-state index in [-0.39, 0.29) is 29.4 Å². The van der Waals surface area contributed by atoms with Gasteiger partial charge in [0.15, 0.2) is 11.6 Å². The van der Waals surface area contributed by atoms with Crippen molar-refractivity contribution < 1.29 is 33.0 Å². The number of urea groups is 1. The fourth-order valence-corrected chi connectivity index (χ4v) is 11.5. The molecule has 63 heavy (non-hydrogen) atoms. The quantitative estimate of drug-likeness (QED) is 0.137. The molecule has 2 N–H and O–H groups in total. The van der Waals surface area contributed by atoms with E-state index in [0.717, 1.165) is 95.2 Å². The lowest BCUT2D eigenvalue weighted by Crippen LogP contribution is -2.63. The molecule has 4 amide bonds. The van der Waals surface area contributed by atoms with Crippen molar-refractivity contribution in [1.29, 1.82) is 0 Å². The van der Waals surface area contributed by atoms with Gasteiger partial charge in [0.2, 0.25) is 11.8 Å². The van der Waals surface area contributed by atoms with Crippen molar-refractivity contribution in [2.75, 3.05) is 80.7 Å². The number of phenols is 1. The Labute approximate surface area is 368 Å². The van der Waals surface area contributed by atoms with Gasteiger partial charge in [-0.05, 0) is 106 Å². The zero-order valence-electron chi connectivity index (χ0n) is 36.8. The first-order valence-electron chi connectivity index (χ1n) is 23.1. The maximum absolute atomic E-state index is 16.3. The first kappa shape index (κ1) is 43.1. The van der Waals surface area contributed by atoms with Crippen LogP contribution < -0.4 is 24.8 Å². The van der Waals surface area contributed by atoms with E-state index in [1.165, 1.54) is 41.5 Å². The van der Waals surface area contributed by atoms with Gasteiger partial charge in [-0.1, -0.05) is 19.9 Å². The molecule has 0 bridgehead atoms. The highest BCUT2D eigenvalue weighted by Gasteiger charge is 2.61. The molecule has 4 saturated heterocycles. The average molecular weight is 866 g/mol. The van der Waals surface area contributed by atoms with E-state index in [1.54, 1.807) is 18.1 Å². The number of benzene rings is 3. The molecule has 9 rings (SSSR count). The standard InChI is InChI=1S/C49H61F2N7O5/c1-4-49(5-2)46(58(47(49)61)41-8-6-7-38(50)45(41)60)37-28-39(51)42(29-43(37)63-3)55-19-15-33(16-20-55)31-54-25-23-53(24-26-54)30-32-9-11-35(12-10-32)56-21-17-34-27-36(13-14-40(34)56)57-22-18-44(59)52-48(57)62/h6-8,13-14,17,21,27-29,32-33,35,46,60H,4-5,9-12,15-16,18-20,22-26,30-31H2,1-3H3,(H,52,59,62)/t32?,35?,46-/m0/s1. The number of ether oxygens (including phenoxy) is 1. The minimum Gasteiger partial charge on any atom is -0.503 e. The number of aromatic hydroxyl groups is 1. The number of anilines is 3.